The molecule has 2 heterocycles. The number of hydrogen-bond acceptors (Lipinski definition) is 5. The Morgan fingerprint density at radius 2 is 2.37 bits per heavy atom. The third kappa shape index (κ3) is 3.81. The van der Waals surface area contributed by atoms with E-state index >= 15 is 0 Å². The van der Waals surface area contributed by atoms with E-state index in [1.54, 1.807) is 18.7 Å². The van der Waals surface area contributed by atoms with E-state index < -0.39 is 0 Å². The Hall–Kier alpha value is -1.85. The van der Waals surface area contributed by atoms with Crippen LogP contribution in [0.3, 0.4) is 0 Å². The van der Waals surface area contributed by atoms with Crippen LogP contribution in [0.25, 0.3) is 0 Å². The van der Waals surface area contributed by atoms with E-state index in [9.17, 15) is 0 Å². The topological polar surface area (TPSA) is 73.3 Å². The molecule has 0 aromatic carbocycles. The first kappa shape index (κ1) is 13.6. The van der Waals surface area contributed by atoms with Crippen LogP contribution < -0.4 is 16.0 Å². The number of furan rings is 1. The zero-order valence-corrected chi connectivity index (χ0v) is 11.0. The highest BCUT2D eigenvalue weighted by molar-refractivity contribution is 5.26. The van der Waals surface area contributed by atoms with Gasteiger partial charge in [0.25, 0.3) is 0 Å². The molecule has 0 aliphatic carbocycles. The van der Waals surface area contributed by atoms with Crippen molar-refractivity contribution in [3.8, 4) is 5.75 Å². The number of hydrogen-bond donors (Lipinski definition) is 2. The molecule has 0 saturated heterocycles. The van der Waals surface area contributed by atoms with E-state index in [1.807, 2.05) is 25.1 Å². The van der Waals surface area contributed by atoms with Crippen LogP contribution in [0.15, 0.2) is 41.3 Å². The minimum Gasteiger partial charge on any atom is -0.492 e. The van der Waals surface area contributed by atoms with Gasteiger partial charge >= 0.3 is 0 Å². The van der Waals surface area contributed by atoms with Crippen LogP contribution in [0.5, 0.6) is 5.75 Å². The van der Waals surface area contributed by atoms with Crippen LogP contribution >= 0.6 is 0 Å². The number of nitrogens with zero attached hydrogens (tertiary/aromatic N) is 1. The normalized spacial score (nSPS) is 12.3. The van der Waals surface area contributed by atoms with E-state index in [0.717, 1.165) is 29.9 Å². The molecular weight excluding hydrogens is 242 g/mol. The summed E-state index contributed by atoms with van der Waals surface area (Å²) >= 11 is 0. The summed E-state index contributed by atoms with van der Waals surface area (Å²) < 4.78 is 10.8. The Morgan fingerprint density at radius 3 is 3.05 bits per heavy atom. The van der Waals surface area contributed by atoms with Crippen molar-refractivity contribution in [1.82, 2.24) is 10.4 Å². The van der Waals surface area contributed by atoms with Gasteiger partial charge in [0.1, 0.15) is 11.5 Å². The van der Waals surface area contributed by atoms with Crippen LogP contribution in [0, 0.1) is 0 Å². The van der Waals surface area contributed by atoms with Gasteiger partial charge in [-0.15, -0.1) is 0 Å². The molecule has 0 fully saturated rings. The fourth-order valence-electron chi connectivity index (χ4n) is 1.96. The summed E-state index contributed by atoms with van der Waals surface area (Å²) in [4.78, 5) is 4.17. The Kier molecular flexibility index (Phi) is 4.94. The number of pyridine rings is 1. The van der Waals surface area contributed by atoms with E-state index in [0.29, 0.717) is 6.61 Å². The second kappa shape index (κ2) is 6.92. The largest absolute Gasteiger partial charge is 0.492 e. The summed E-state index contributed by atoms with van der Waals surface area (Å²) in [6.07, 6.45) is 6.84. The van der Waals surface area contributed by atoms with E-state index in [2.05, 4.69) is 10.4 Å². The van der Waals surface area contributed by atoms with Crippen LogP contribution in [-0.2, 0) is 6.42 Å². The number of rotatable bonds is 7. The average molecular weight is 261 g/mol. The minimum absolute atomic E-state index is 0.0259. The summed E-state index contributed by atoms with van der Waals surface area (Å²) in [7, 11) is 0. The molecule has 0 amide bonds. The number of nitrogens with one attached hydrogen (secondary N) is 1. The molecule has 3 N–H and O–H groups in total. The lowest BCUT2D eigenvalue weighted by Gasteiger charge is -2.16. The summed E-state index contributed by atoms with van der Waals surface area (Å²) in [5, 5.41) is 0. The van der Waals surface area contributed by atoms with Gasteiger partial charge in [0.2, 0.25) is 0 Å². The molecule has 102 valence electrons. The van der Waals surface area contributed by atoms with Gasteiger partial charge in [0.05, 0.1) is 19.1 Å². The molecule has 5 heteroatoms. The molecule has 19 heavy (non-hydrogen) atoms. The van der Waals surface area contributed by atoms with E-state index in [1.165, 1.54) is 0 Å². The standard InChI is InChI=1S/C14H19N3O2/c1-2-18-13-8-11(9-16-10-13)14(17-15)6-5-12-4-3-7-19-12/h3-4,7-10,14,17H,2,5-6,15H2,1H3. The van der Waals surface area contributed by atoms with Gasteiger partial charge in [-0.05, 0) is 37.1 Å². The average Bonchev–Trinajstić information content (AvgIpc) is 2.94. The molecule has 0 bridgehead atoms. The predicted molar refractivity (Wildman–Crippen MR) is 72.5 cm³/mol. The van der Waals surface area contributed by atoms with Crippen molar-refractivity contribution in [2.24, 2.45) is 5.84 Å². The summed E-state index contributed by atoms with van der Waals surface area (Å²) in [6, 6.07) is 5.83. The first-order valence-corrected chi connectivity index (χ1v) is 6.39. The smallest absolute Gasteiger partial charge is 0.137 e. The van der Waals surface area contributed by atoms with Crippen molar-refractivity contribution in [3.63, 3.8) is 0 Å². The number of ether oxygens (including phenoxy) is 1. The monoisotopic (exact) mass is 261 g/mol. The quantitative estimate of drug-likeness (QED) is 0.590. The first-order valence-electron chi connectivity index (χ1n) is 6.39. The molecule has 0 radical (unpaired) electrons. The number of nitrogens with two attached hydrogens (primary N) is 1. The molecule has 2 rings (SSSR count). The molecule has 1 unspecified atom stereocenters. The molecule has 0 aliphatic heterocycles. The van der Waals surface area contributed by atoms with Gasteiger partial charge in [0, 0.05) is 18.7 Å². The lowest BCUT2D eigenvalue weighted by atomic mass is 10.0. The maximum absolute atomic E-state index is 5.62. The van der Waals surface area contributed by atoms with Crippen molar-refractivity contribution < 1.29 is 9.15 Å². The predicted octanol–water partition coefficient (Wildman–Crippen LogP) is 2.21. The molecule has 1 atom stereocenters. The number of hydrazine groups is 1. The zero-order chi connectivity index (χ0) is 13.5. The number of aryl methyl sites for hydroxylation is 1. The third-order valence-corrected chi connectivity index (χ3v) is 2.91. The summed E-state index contributed by atoms with van der Waals surface area (Å²) in [5.41, 5.74) is 3.83. The van der Waals surface area contributed by atoms with E-state index in [4.69, 9.17) is 15.0 Å². The van der Waals surface area contributed by atoms with Gasteiger partial charge in [-0.2, -0.15) is 0 Å². The first-order chi connectivity index (χ1) is 9.33. The van der Waals surface area contributed by atoms with Crippen LogP contribution in [0.4, 0.5) is 0 Å². The second-order valence-corrected chi connectivity index (χ2v) is 4.22. The van der Waals surface area contributed by atoms with Gasteiger partial charge in [-0.25, -0.2) is 0 Å². The Labute approximate surface area is 112 Å². The Bertz CT molecular complexity index is 485. The van der Waals surface area contributed by atoms with Crippen molar-refractivity contribution in [3.05, 3.63) is 48.2 Å². The van der Waals surface area contributed by atoms with Gasteiger partial charge in [-0.3, -0.25) is 16.3 Å². The molecular formula is C14H19N3O2. The maximum atomic E-state index is 5.62. The molecule has 2 aromatic heterocycles. The summed E-state index contributed by atoms with van der Waals surface area (Å²) in [5.74, 6) is 7.33. The maximum Gasteiger partial charge on any atom is 0.137 e. The zero-order valence-electron chi connectivity index (χ0n) is 11.0. The van der Waals surface area contributed by atoms with Crippen molar-refractivity contribution in [2.45, 2.75) is 25.8 Å². The third-order valence-electron chi connectivity index (χ3n) is 2.91. The van der Waals surface area contributed by atoms with E-state index in [-0.39, 0.29) is 6.04 Å². The van der Waals surface area contributed by atoms with Crippen molar-refractivity contribution >= 4 is 0 Å². The molecule has 0 spiro atoms. The molecule has 2 aromatic rings. The fourth-order valence-corrected chi connectivity index (χ4v) is 1.96. The Morgan fingerprint density at radius 1 is 1.47 bits per heavy atom. The highest BCUT2D eigenvalue weighted by Crippen LogP contribution is 2.21. The van der Waals surface area contributed by atoms with Gasteiger partial charge < -0.3 is 9.15 Å². The van der Waals surface area contributed by atoms with Crippen molar-refractivity contribution in [1.29, 1.82) is 0 Å². The SMILES string of the molecule is CCOc1cncc(C(CCc2ccco2)NN)c1. The lowest BCUT2D eigenvalue weighted by Crippen LogP contribution is -2.28. The number of aromatic nitrogens is 1. The lowest BCUT2D eigenvalue weighted by molar-refractivity contribution is 0.337. The second-order valence-electron chi connectivity index (χ2n) is 4.22. The highest BCUT2D eigenvalue weighted by atomic mass is 16.5. The summed E-state index contributed by atoms with van der Waals surface area (Å²) in [6.45, 7) is 2.57. The molecule has 5 nitrogen and oxygen atoms in total. The molecule has 0 aliphatic rings. The highest BCUT2D eigenvalue weighted by Gasteiger charge is 2.12. The molecule has 0 saturated carbocycles. The van der Waals surface area contributed by atoms with Crippen LogP contribution in [0.2, 0.25) is 0 Å². The van der Waals surface area contributed by atoms with Crippen LogP contribution in [0.1, 0.15) is 30.7 Å². The van der Waals surface area contributed by atoms with Gasteiger partial charge in [-0.1, -0.05) is 0 Å². The Balaban J connectivity index is 2.01. The van der Waals surface area contributed by atoms with Gasteiger partial charge in [0.15, 0.2) is 0 Å². The van der Waals surface area contributed by atoms with Crippen molar-refractivity contribution in [2.75, 3.05) is 6.61 Å². The minimum atomic E-state index is 0.0259. The van der Waals surface area contributed by atoms with Crippen LogP contribution in [-0.4, -0.2) is 11.6 Å². The fraction of sp³-hybridized carbons (Fsp3) is 0.357.